The molecular formula is C11H5ClF3NOS. The van der Waals surface area contributed by atoms with Gasteiger partial charge in [-0.2, -0.15) is 13.2 Å². The average molecular weight is 292 g/mol. The molecule has 0 saturated carbocycles. The van der Waals surface area contributed by atoms with Crippen LogP contribution in [-0.4, -0.2) is 11.3 Å². The fraction of sp³-hybridized carbons (Fsp3) is 0.0909. The number of hydrogen-bond donors (Lipinski definition) is 0. The van der Waals surface area contributed by atoms with E-state index in [0.29, 0.717) is 28.2 Å². The summed E-state index contributed by atoms with van der Waals surface area (Å²) in [5, 5.41) is -0.605. The van der Waals surface area contributed by atoms with Gasteiger partial charge >= 0.3 is 6.18 Å². The van der Waals surface area contributed by atoms with Gasteiger partial charge in [-0.05, 0) is 18.2 Å². The molecule has 2 nitrogen and oxygen atoms in total. The van der Waals surface area contributed by atoms with Crippen LogP contribution in [0.15, 0.2) is 24.4 Å². The van der Waals surface area contributed by atoms with Crippen molar-refractivity contribution in [1.29, 1.82) is 0 Å². The Balaban J connectivity index is 2.52. The second-order valence-electron chi connectivity index (χ2n) is 3.38. The number of aldehydes is 1. The highest BCUT2D eigenvalue weighted by atomic mass is 35.5. The van der Waals surface area contributed by atoms with Crippen LogP contribution in [0.4, 0.5) is 13.2 Å². The molecule has 0 aliphatic rings. The lowest BCUT2D eigenvalue weighted by molar-refractivity contribution is -0.137. The third-order valence-electron chi connectivity index (χ3n) is 2.16. The van der Waals surface area contributed by atoms with Crippen molar-refractivity contribution in [1.82, 2.24) is 4.98 Å². The van der Waals surface area contributed by atoms with Gasteiger partial charge in [0, 0.05) is 22.3 Å². The summed E-state index contributed by atoms with van der Waals surface area (Å²) in [7, 11) is 0. The first-order valence-electron chi connectivity index (χ1n) is 4.70. The molecule has 0 unspecified atom stereocenters. The maximum atomic E-state index is 12.4. The van der Waals surface area contributed by atoms with E-state index in [0.717, 1.165) is 6.20 Å². The first-order valence-corrected chi connectivity index (χ1v) is 5.89. The zero-order valence-electron chi connectivity index (χ0n) is 8.66. The van der Waals surface area contributed by atoms with Crippen molar-refractivity contribution in [3.8, 4) is 10.4 Å². The number of benzene rings is 1. The minimum Gasteiger partial charge on any atom is -0.298 e. The van der Waals surface area contributed by atoms with Crippen LogP contribution in [0.25, 0.3) is 10.4 Å². The molecule has 0 N–H and O–H groups in total. The molecule has 0 radical (unpaired) electrons. The van der Waals surface area contributed by atoms with Crippen LogP contribution in [0.2, 0.25) is 5.02 Å². The third kappa shape index (κ3) is 2.54. The Hall–Kier alpha value is -1.40. The maximum absolute atomic E-state index is 12.4. The number of hydrogen-bond acceptors (Lipinski definition) is 3. The summed E-state index contributed by atoms with van der Waals surface area (Å²) < 4.78 is 37.3. The Morgan fingerprint density at radius 2 is 2.06 bits per heavy atom. The van der Waals surface area contributed by atoms with Crippen molar-refractivity contribution >= 4 is 29.2 Å². The summed E-state index contributed by atoms with van der Waals surface area (Å²) >= 11 is 6.24. The molecule has 0 aliphatic carbocycles. The minimum absolute atomic E-state index is 0.256. The fourth-order valence-corrected chi connectivity index (χ4v) is 2.37. The molecule has 1 heterocycles. The SMILES string of the molecule is O=Cc1ccc(Cl)cc1-c1cnc(C(F)(F)F)s1. The highest BCUT2D eigenvalue weighted by molar-refractivity contribution is 7.15. The summed E-state index contributed by atoms with van der Waals surface area (Å²) in [5.41, 5.74) is 0.627. The monoisotopic (exact) mass is 291 g/mol. The van der Waals surface area contributed by atoms with E-state index in [-0.39, 0.29) is 10.4 Å². The van der Waals surface area contributed by atoms with Gasteiger partial charge < -0.3 is 0 Å². The van der Waals surface area contributed by atoms with E-state index < -0.39 is 11.2 Å². The molecule has 2 aromatic rings. The molecule has 1 aromatic heterocycles. The molecule has 2 rings (SSSR count). The van der Waals surface area contributed by atoms with E-state index in [1.54, 1.807) is 0 Å². The number of nitrogens with zero attached hydrogens (tertiary/aromatic N) is 1. The maximum Gasteiger partial charge on any atom is 0.443 e. The molecular weight excluding hydrogens is 287 g/mol. The fourth-order valence-electron chi connectivity index (χ4n) is 1.37. The molecule has 0 fully saturated rings. The van der Waals surface area contributed by atoms with Crippen LogP contribution in [-0.2, 0) is 6.18 Å². The number of thiazole rings is 1. The molecule has 94 valence electrons. The molecule has 0 atom stereocenters. The minimum atomic E-state index is -4.48. The smallest absolute Gasteiger partial charge is 0.298 e. The highest BCUT2D eigenvalue weighted by Gasteiger charge is 2.34. The van der Waals surface area contributed by atoms with Crippen LogP contribution in [0.3, 0.4) is 0 Å². The number of aromatic nitrogens is 1. The van der Waals surface area contributed by atoms with E-state index in [1.807, 2.05) is 0 Å². The Kier molecular flexibility index (Phi) is 3.41. The van der Waals surface area contributed by atoms with Crippen molar-refractivity contribution in [2.24, 2.45) is 0 Å². The topological polar surface area (TPSA) is 30.0 Å². The van der Waals surface area contributed by atoms with Gasteiger partial charge in [-0.15, -0.1) is 11.3 Å². The van der Waals surface area contributed by atoms with Crippen molar-refractivity contribution in [2.75, 3.05) is 0 Å². The van der Waals surface area contributed by atoms with Gasteiger partial charge in [-0.25, -0.2) is 4.98 Å². The second-order valence-corrected chi connectivity index (χ2v) is 4.84. The van der Waals surface area contributed by atoms with E-state index in [1.165, 1.54) is 18.2 Å². The zero-order chi connectivity index (χ0) is 13.3. The van der Waals surface area contributed by atoms with Gasteiger partial charge in [0.15, 0.2) is 11.3 Å². The normalized spacial score (nSPS) is 11.6. The van der Waals surface area contributed by atoms with Crippen molar-refractivity contribution in [3.05, 3.63) is 40.0 Å². The lowest BCUT2D eigenvalue weighted by Gasteiger charge is -2.02. The van der Waals surface area contributed by atoms with Gasteiger partial charge in [0.2, 0.25) is 0 Å². The van der Waals surface area contributed by atoms with Gasteiger partial charge in [0.25, 0.3) is 0 Å². The lowest BCUT2D eigenvalue weighted by Crippen LogP contribution is -2.02. The number of halogens is 4. The van der Waals surface area contributed by atoms with E-state index in [4.69, 9.17) is 11.6 Å². The number of carbonyl (C=O) groups is 1. The van der Waals surface area contributed by atoms with Gasteiger partial charge in [0.05, 0.1) is 4.88 Å². The quantitative estimate of drug-likeness (QED) is 0.772. The van der Waals surface area contributed by atoms with Crippen LogP contribution in [0, 0.1) is 0 Å². The first kappa shape index (κ1) is 13.0. The van der Waals surface area contributed by atoms with E-state index in [2.05, 4.69) is 4.98 Å². The Morgan fingerprint density at radius 1 is 1.33 bits per heavy atom. The molecule has 0 aliphatic heterocycles. The predicted molar refractivity (Wildman–Crippen MR) is 62.9 cm³/mol. The van der Waals surface area contributed by atoms with Crippen molar-refractivity contribution < 1.29 is 18.0 Å². The molecule has 0 bridgehead atoms. The van der Waals surface area contributed by atoms with Gasteiger partial charge in [0.1, 0.15) is 0 Å². The second kappa shape index (κ2) is 4.70. The third-order valence-corrected chi connectivity index (χ3v) is 3.47. The largest absolute Gasteiger partial charge is 0.443 e. The summed E-state index contributed by atoms with van der Waals surface area (Å²) in [5.74, 6) is 0. The summed E-state index contributed by atoms with van der Waals surface area (Å²) in [4.78, 5) is 14.4. The number of alkyl halides is 3. The lowest BCUT2D eigenvalue weighted by atomic mass is 10.1. The molecule has 0 saturated heterocycles. The average Bonchev–Trinajstić information content (AvgIpc) is 2.77. The summed E-state index contributed by atoms with van der Waals surface area (Å²) in [6.45, 7) is 0. The van der Waals surface area contributed by atoms with Gasteiger partial charge in [-0.1, -0.05) is 11.6 Å². The predicted octanol–water partition coefficient (Wildman–Crippen LogP) is 4.29. The molecule has 0 spiro atoms. The van der Waals surface area contributed by atoms with Crippen LogP contribution in [0.1, 0.15) is 15.4 Å². The van der Waals surface area contributed by atoms with Crippen LogP contribution < -0.4 is 0 Å². The van der Waals surface area contributed by atoms with Crippen molar-refractivity contribution in [3.63, 3.8) is 0 Å². The van der Waals surface area contributed by atoms with Crippen LogP contribution >= 0.6 is 22.9 Å². The standard InChI is InChI=1S/C11H5ClF3NOS/c12-7-2-1-6(5-17)8(3-7)9-4-16-10(18-9)11(13,14)15/h1-5H. The van der Waals surface area contributed by atoms with E-state index >= 15 is 0 Å². The zero-order valence-corrected chi connectivity index (χ0v) is 10.2. The molecule has 18 heavy (non-hydrogen) atoms. The molecule has 7 heteroatoms. The van der Waals surface area contributed by atoms with Gasteiger partial charge in [-0.3, -0.25) is 4.79 Å². The molecule has 0 amide bonds. The Labute approximate surface area is 109 Å². The molecule has 1 aromatic carbocycles. The van der Waals surface area contributed by atoms with E-state index in [9.17, 15) is 18.0 Å². The summed E-state index contributed by atoms with van der Waals surface area (Å²) in [6.07, 6.45) is -2.83. The van der Waals surface area contributed by atoms with Crippen molar-refractivity contribution in [2.45, 2.75) is 6.18 Å². The highest BCUT2D eigenvalue weighted by Crippen LogP contribution is 2.37. The number of carbonyl (C=O) groups excluding carboxylic acids is 1. The summed E-state index contributed by atoms with van der Waals surface area (Å²) in [6, 6.07) is 4.40. The Morgan fingerprint density at radius 3 is 2.61 bits per heavy atom. The Bertz CT molecular complexity index is 594. The number of rotatable bonds is 2. The first-order chi connectivity index (χ1) is 8.41. The van der Waals surface area contributed by atoms with Crippen LogP contribution in [0.5, 0.6) is 0 Å².